The van der Waals surface area contributed by atoms with E-state index in [0.29, 0.717) is 6.42 Å². The number of nitriles is 1. The highest BCUT2D eigenvalue weighted by Gasteiger charge is 2.12. The smallest absolute Gasteiger partial charge is 0.328 e. The van der Waals surface area contributed by atoms with Crippen LogP contribution in [0.3, 0.4) is 0 Å². The van der Waals surface area contributed by atoms with E-state index in [9.17, 15) is 14.4 Å². The molecule has 0 aliphatic carbocycles. The van der Waals surface area contributed by atoms with Crippen molar-refractivity contribution in [2.45, 2.75) is 26.8 Å². The van der Waals surface area contributed by atoms with Gasteiger partial charge in [-0.05, 0) is 13.3 Å². The summed E-state index contributed by atoms with van der Waals surface area (Å²) in [6, 6.07) is 1.70. The average molecular weight is 290 g/mol. The Hall–Kier alpha value is -2.62. The lowest BCUT2D eigenvalue weighted by molar-refractivity contribution is -0.124. The molecule has 0 radical (unpaired) electrons. The van der Waals surface area contributed by atoms with E-state index < -0.39 is 11.2 Å². The maximum absolute atomic E-state index is 11.8. The van der Waals surface area contributed by atoms with Gasteiger partial charge in [0.15, 0.2) is 0 Å². The molecule has 1 unspecified atom stereocenters. The van der Waals surface area contributed by atoms with E-state index in [-0.39, 0.29) is 30.5 Å². The topological polar surface area (TPSA) is 108 Å². The summed E-state index contributed by atoms with van der Waals surface area (Å²) in [6.45, 7) is 7.81. The molecule has 0 aliphatic rings. The molecule has 0 aromatic carbocycles. The fourth-order valence-corrected chi connectivity index (χ4v) is 1.84. The minimum atomic E-state index is -0.710. The van der Waals surface area contributed by atoms with Crippen LogP contribution < -0.4 is 16.6 Å². The zero-order valence-corrected chi connectivity index (χ0v) is 12.1. The standard InChI is InChI=1S/C14H18N4O3/c1-9(2)6-10(3)12(19)16-4-5-18-8-11(7-15)13(20)17-14(18)21/h8,10H,1,4-6H2,2-3H3,(H,16,19)(H,17,20,21). The monoisotopic (exact) mass is 290 g/mol. The van der Waals surface area contributed by atoms with Crippen LogP contribution in [0.25, 0.3) is 0 Å². The fourth-order valence-electron chi connectivity index (χ4n) is 1.84. The summed E-state index contributed by atoms with van der Waals surface area (Å²) in [5.41, 5.74) is -0.536. The van der Waals surface area contributed by atoms with Crippen LogP contribution >= 0.6 is 0 Å². The Morgan fingerprint density at radius 3 is 2.81 bits per heavy atom. The lowest BCUT2D eigenvalue weighted by atomic mass is 10.0. The van der Waals surface area contributed by atoms with Crippen LogP contribution in [0, 0.1) is 17.2 Å². The van der Waals surface area contributed by atoms with Gasteiger partial charge in [-0.3, -0.25) is 19.1 Å². The average Bonchev–Trinajstić information content (AvgIpc) is 2.40. The van der Waals surface area contributed by atoms with Gasteiger partial charge in [0.25, 0.3) is 5.56 Å². The molecule has 1 heterocycles. The molecule has 0 saturated carbocycles. The zero-order valence-electron chi connectivity index (χ0n) is 12.1. The summed E-state index contributed by atoms with van der Waals surface area (Å²) in [4.78, 5) is 36.6. The van der Waals surface area contributed by atoms with Gasteiger partial charge >= 0.3 is 5.69 Å². The van der Waals surface area contributed by atoms with Gasteiger partial charge in [-0.1, -0.05) is 12.5 Å². The lowest BCUT2D eigenvalue weighted by Gasteiger charge is -2.12. The number of carbonyl (C=O) groups is 1. The minimum absolute atomic E-state index is 0.129. The molecule has 1 aromatic rings. The lowest BCUT2D eigenvalue weighted by Crippen LogP contribution is -2.36. The predicted molar refractivity (Wildman–Crippen MR) is 77.6 cm³/mol. The van der Waals surface area contributed by atoms with Gasteiger partial charge in [-0.25, -0.2) is 4.79 Å². The molecule has 1 atom stereocenters. The molecular formula is C14H18N4O3. The summed E-state index contributed by atoms with van der Waals surface area (Å²) in [5, 5.41) is 11.4. The SMILES string of the molecule is C=C(C)CC(C)C(=O)NCCn1cc(C#N)c(=O)[nH]c1=O. The molecule has 0 bridgehead atoms. The maximum atomic E-state index is 11.8. The van der Waals surface area contributed by atoms with Crippen molar-refractivity contribution in [2.24, 2.45) is 5.92 Å². The number of nitrogens with one attached hydrogen (secondary N) is 2. The summed E-state index contributed by atoms with van der Waals surface area (Å²) >= 11 is 0. The number of hydrogen-bond donors (Lipinski definition) is 2. The molecule has 7 nitrogen and oxygen atoms in total. The number of aromatic nitrogens is 2. The Morgan fingerprint density at radius 2 is 2.24 bits per heavy atom. The van der Waals surface area contributed by atoms with E-state index >= 15 is 0 Å². The molecule has 112 valence electrons. The summed E-state index contributed by atoms with van der Waals surface area (Å²) in [5.74, 6) is -0.319. The molecule has 2 N–H and O–H groups in total. The molecule has 0 saturated heterocycles. The molecule has 1 rings (SSSR count). The Labute approximate surface area is 121 Å². The van der Waals surface area contributed by atoms with Gasteiger partial charge in [0.1, 0.15) is 11.6 Å². The van der Waals surface area contributed by atoms with Crippen LogP contribution in [0.2, 0.25) is 0 Å². The van der Waals surface area contributed by atoms with Crippen LogP contribution in [-0.2, 0) is 11.3 Å². The van der Waals surface area contributed by atoms with Crippen LogP contribution in [0.15, 0.2) is 27.9 Å². The molecule has 0 fully saturated rings. The minimum Gasteiger partial charge on any atom is -0.354 e. The van der Waals surface area contributed by atoms with Crippen molar-refractivity contribution in [3.63, 3.8) is 0 Å². The van der Waals surface area contributed by atoms with Crippen molar-refractivity contribution in [3.8, 4) is 6.07 Å². The second-order valence-electron chi connectivity index (χ2n) is 4.96. The number of amides is 1. The van der Waals surface area contributed by atoms with Crippen molar-refractivity contribution >= 4 is 5.91 Å². The van der Waals surface area contributed by atoms with Gasteiger partial charge < -0.3 is 5.32 Å². The number of hydrogen-bond acceptors (Lipinski definition) is 4. The van der Waals surface area contributed by atoms with E-state index in [1.165, 1.54) is 10.8 Å². The van der Waals surface area contributed by atoms with E-state index in [1.807, 2.05) is 6.92 Å². The third kappa shape index (κ3) is 4.76. The maximum Gasteiger partial charge on any atom is 0.328 e. The van der Waals surface area contributed by atoms with E-state index in [4.69, 9.17) is 5.26 Å². The molecule has 0 spiro atoms. The molecule has 1 aromatic heterocycles. The van der Waals surface area contributed by atoms with Crippen LogP contribution in [0.5, 0.6) is 0 Å². The fraction of sp³-hybridized carbons (Fsp3) is 0.429. The summed E-state index contributed by atoms with van der Waals surface area (Å²) in [7, 11) is 0. The van der Waals surface area contributed by atoms with Crippen molar-refractivity contribution in [3.05, 3.63) is 44.8 Å². The molecule has 1 amide bonds. The normalized spacial score (nSPS) is 11.5. The molecule has 21 heavy (non-hydrogen) atoms. The van der Waals surface area contributed by atoms with Crippen LogP contribution in [0.1, 0.15) is 25.8 Å². The third-order valence-corrected chi connectivity index (χ3v) is 2.89. The highest BCUT2D eigenvalue weighted by molar-refractivity contribution is 5.78. The Kier molecular flexibility index (Phi) is 5.67. The van der Waals surface area contributed by atoms with Gasteiger partial charge in [0.2, 0.25) is 5.91 Å². The molecule has 7 heteroatoms. The Balaban J connectivity index is 2.63. The number of H-pyrrole nitrogens is 1. The third-order valence-electron chi connectivity index (χ3n) is 2.89. The number of carbonyl (C=O) groups excluding carboxylic acids is 1. The zero-order chi connectivity index (χ0) is 16.0. The van der Waals surface area contributed by atoms with Crippen molar-refractivity contribution in [1.82, 2.24) is 14.9 Å². The first-order chi connectivity index (χ1) is 9.85. The second kappa shape index (κ2) is 7.24. The number of rotatable bonds is 6. The van der Waals surface area contributed by atoms with Crippen molar-refractivity contribution in [2.75, 3.05) is 6.54 Å². The summed E-state index contributed by atoms with van der Waals surface area (Å²) < 4.78 is 1.18. The Morgan fingerprint density at radius 1 is 1.57 bits per heavy atom. The van der Waals surface area contributed by atoms with Crippen LogP contribution in [0.4, 0.5) is 0 Å². The number of allylic oxidation sites excluding steroid dienone is 1. The van der Waals surface area contributed by atoms with Crippen molar-refractivity contribution in [1.29, 1.82) is 5.26 Å². The second-order valence-corrected chi connectivity index (χ2v) is 4.96. The van der Waals surface area contributed by atoms with E-state index in [1.54, 1.807) is 13.0 Å². The van der Waals surface area contributed by atoms with Crippen molar-refractivity contribution < 1.29 is 4.79 Å². The first-order valence-corrected chi connectivity index (χ1v) is 6.51. The highest BCUT2D eigenvalue weighted by Crippen LogP contribution is 2.08. The quantitative estimate of drug-likeness (QED) is 0.726. The van der Waals surface area contributed by atoms with Gasteiger partial charge in [0, 0.05) is 25.2 Å². The molecule has 0 aliphatic heterocycles. The Bertz CT molecular complexity index is 693. The first kappa shape index (κ1) is 16.4. The van der Waals surface area contributed by atoms with E-state index in [2.05, 4.69) is 16.9 Å². The van der Waals surface area contributed by atoms with Gasteiger partial charge in [0.05, 0.1) is 0 Å². The molecular weight excluding hydrogens is 272 g/mol. The number of aromatic amines is 1. The largest absolute Gasteiger partial charge is 0.354 e. The van der Waals surface area contributed by atoms with Gasteiger partial charge in [-0.2, -0.15) is 5.26 Å². The first-order valence-electron chi connectivity index (χ1n) is 6.51. The predicted octanol–water partition coefficient (Wildman–Crippen LogP) is 0.127. The highest BCUT2D eigenvalue weighted by atomic mass is 16.2. The van der Waals surface area contributed by atoms with Gasteiger partial charge in [-0.15, -0.1) is 6.58 Å². The van der Waals surface area contributed by atoms with E-state index in [0.717, 1.165) is 5.57 Å². The van der Waals surface area contributed by atoms with Crippen LogP contribution in [-0.4, -0.2) is 22.0 Å². The number of nitrogens with zero attached hydrogens (tertiary/aromatic N) is 2. The summed E-state index contributed by atoms with van der Waals surface area (Å²) in [6.07, 6.45) is 1.79.